The van der Waals surface area contributed by atoms with E-state index in [2.05, 4.69) is 5.32 Å². The number of ether oxygens (including phenoxy) is 1. The molecule has 2 amide bonds. The van der Waals surface area contributed by atoms with E-state index in [1.807, 2.05) is 48.5 Å². The van der Waals surface area contributed by atoms with E-state index in [0.29, 0.717) is 42.7 Å². The minimum Gasteiger partial charge on any atom is -0.455 e. The van der Waals surface area contributed by atoms with Gasteiger partial charge in [0.2, 0.25) is 0 Å². The van der Waals surface area contributed by atoms with E-state index in [1.165, 1.54) is 0 Å². The van der Waals surface area contributed by atoms with Crippen LogP contribution in [0.15, 0.2) is 66.7 Å². The largest absolute Gasteiger partial charge is 0.455 e. The SMILES string of the molecule is N#Cc1cccc(NC(=O)COC(=O)C2CCN(C(=O)c3cccc4ccccc34)CC2)c1. The summed E-state index contributed by atoms with van der Waals surface area (Å²) in [4.78, 5) is 39.3. The van der Waals surface area contributed by atoms with Gasteiger partial charge in [-0.25, -0.2) is 0 Å². The number of likely N-dealkylation sites (tertiary alicyclic amines) is 1. The number of anilines is 1. The first-order valence-corrected chi connectivity index (χ1v) is 10.8. The van der Waals surface area contributed by atoms with Crippen molar-refractivity contribution in [3.05, 3.63) is 77.9 Å². The highest BCUT2D eigenvalue weighted by molar-refractivity contribution is 6.07. The number of amides is 2. The van der Waals surface area contributed by atoms with Crippen LogP contribution in [0.4, 0.5) is 5.69 Å². The summed E-state index contributed by atoms with van der Waals surface area (Å²) in [6.45, 7) is 0.509. The molecule has 1 heterocycles. The number of hydrogen-bond donors (Lipinski definition) is 1. The lowest BCUT2D eigenvalue weighted by molar-refractivity contribution is -0.152. The van der Waals surface area contributed by atoms with E-state index in [9.17, 15) is 14.4 Å². The summed E-state index contributed by atoms with van der Waals surface area (Å²) < 4.78 is 5.19. The van der Waals surface area contributed by atoms with Crippen LogP contribution in [0.1, 0.15) is 28.8 Å². The molecule has 33 heavy (non-hydrogen) atoms. The third kappa shape index (κ3) is 5.18. The van der Waals surface area contributed by atoms with Gasteiger partial charge in [-0.15, -0.1) is 0 Å². The molecule has 166 valence electrons. The Bertz CT molecular complexity index is 1230. The zero-order valence-electron chi connectivity index (χ0n) is 18.0. The fraction of sp³-hybridized carbons (Fsp3) is 0.231. The maximum absolute atomic E-state index is 13.1. The van der Waals surface area contributed by atoms with Gasteiger partial charge in [-0.3, -0.25) is 14.4 Å². The summed E-state index contributed by atoms with van der Waals surface area (Å²) in [5.41, 5.74) is 1.55. The predicted molar refractivity (Wildman–Crippen MR) is 123 cm³/mol. The van der Waals surface area contributed by atoms with Crippen molar-refractivity contribution < 1.29 is 19.1 Å². The molecule has 3 aromatic rings. The lowest BCUT2D eigenvalue weighted by Gasteiger charge is -2.31. The molecule has 0 saturated carbocycles. The molecule has 7 heteroatoms. The summed E-state index contributed by atoms with van der Waals surface area (Å²) in [5.74, 6) is -1.30. The van der Waals surface area contributed by atoms with Crippen molar-refractivity contribution in [2.75, 3.05) is 25.0 Å². The van der Waals surface area contributed by atoms with Gasteiger partial charge >= 0.3 is 5.97 Å². The van der Waals surface area contributed by atoms with Crippen molar-refractivity contribution in [1.29, 1.82) is 5.26 Å². The smallest absolute Gasteiger partial charge is 0.309 e. The lowest BCUT2D eigenvalue weighted by atomic mass is 9.95. The molecular weight excluding hydrogens is 418 g/mol. The Morgan fingerprint density at radius 3 is 2.52 bits per heavy atom. The summed E-state index contributed by atoms with van der Waals surface area (Å²) in [7, 11) is 0. The van der Waals surface area contributed by atoms with Gasteiger partial charge in [-0.2, -0.15) is 5.26 Å². The first-order chi connectivity index (χ1) is 16.0. The van der Waals surface area contributed by atoms with E-state index in [1.54, 1.807) is 29.2 Å². The average molecular weight is 441 g/mol. The van der Waals surface area contributed by atoms with Crippen molar-refractivity contribution in [3.63, 3.8) is 0 Å². The van der Waals surface area contributed by atoms with Gasteiger partial charge < -0.3 is 15.0 Å². The molecule has 0 aliphatic carbocycles. The van der Waals surface area contributed by atoms with Crippen LogP contribution in [0.2, 0.25) is 0 Å². The maximum atomic E-state index is 13.1. The summed E-state index contributed by atoms with van der Waals surface area (Å²) in [5, 5.41) is 13.5. The highest BCUT2D eigenvalue weighted by Crippen LogP contribution is 2.24. The van der Waals surface area contributed by atoms with E-state index < -0.39 is 18.5 Å². The number of nitriles is 1. The molecule has 0 unspecified atom stereocenters. The van der Waals surface area contributed by atoms with Crippen LogP contribution in [-0.2, 0) is 14.3 Å². The second-order valence-corrected chi connectivity index (χ2v) is 7.94. The molecule has 1 saturated heterocycles. The Morgan fingerprint density at radius 1 is 1.00 bits per heavy atom. The normalized spacial score (nSPS) is 13.8. The van der Waals surface area contributed by atoms with Gasteiger partial charge in [0.05, 0.1) is 17.6 Å². The van der Waals surface area contributed by atoms with Gasteiger partial charge in [0, 0.05) is 24.3 Å². The molecule has 3 aromatic carbocycles. The number of benzene rings is 3. The number of esters is 1. The fourth-order valence-corrected chi connectivity index (χ4v) is 4.02. The molecule has 0 radical (unpaired) electrons. The summed E-state index contributed by atoms with van der Waals surface area (Å²) in [6, 6.07) is 21.9. The van der Waals surface area contributed by atoms with E-state index in [4.69, 9.17) is 10.00 Å². The standard InChI is InChI=1S/C26H23N3O4/c27-16-18-5-3-8-21(15-18)28-24(30)17-33-26(32)20-11-13-29(14-12-20)25(31)23-10-4-7-19-6-1-2-9-22(19)23/h1-10,15,20H,11-14,17H2,(H,28,30). The van der Waals surface area contributed by atoms with Crippen molar-refractivity contribution in [3.8, 4) is 6.07 Å². The highest BCUT2D eigenvalue weighted by Gasteiger charge is 2.29. The predicted octanol–water partition coefficient (Wildman–Crippen LogP) is 3.75. The molecule has 0 bridgehead atoms. The first-order valence-electron chi connectivity index (χ1n) is 10.8. The van der Waals surface area contributed by atoms with Crippen molar-refractivity contribution in [1.82, 2.24) is 4.90 Å². The Labute approximate surface area is 191 Å². The van der Waals surface area contributed by atoms with E-state index in [-0.39, 0.29) is 11.8 Å². The topological polar surface area (TPSA) is 99.5 Å². The second kappa shape index (κ2) is 9.96. The van der Waals surface area contributed by atoms with Crippen LogP contribution in [0.5, 0.6) is 0 Å². The van der Waals surface area contributed by atoms with Gasteiger partial charge in [0.1, 0.15) is 0 Å². The van der Waals surface area contributed by atoms with Crippen LogP contribution < -0.4 is 5.32 Å². The molecule has 4 rings (SSSR count). The molecule has 0 aromatic heterocycles. The van der Waals surface area contributed by atoms with Crippen LogP contribution >= 0.6 is 0 Å². The van der Waals surface area contributed by atoms with Gasteiger partial charge in [0.15, 0.2) is 6.61 Å². The molecule has 1 N–H and O–H groups in total. The molecule has 1 aliphatic rings. The number of carbonyl (C=O) groups excluding carboxylic acids is 3. The Morgan fingerprint density at radius 2 is 1.73 bits per heavy atom. The maximum Gasteiger partial charge on any atom is 0.309 e. The van der Waals surface area contributed by atoms with Crippen LogP contribution in [0, 0.1) is 17.2 Å². The average Bonchev–Trinajstić information content (AvgIpc) is 2.86. The molecule has 1 aliphatic heterocycles. The number of rotatable bonds is 5. The van der Waals surface area contributed by atoms with Crippen LogP contribution in [0.3, 0.4) is 0 Å². The third-order valence-corrected chi connectivity index (χ3v) is 5.76. The van der Waals surface area contributed by atoms with Crippen molar-refractivity contribution in [2.24, 2.45) is 5.92 Å². The molecule has 0 spiro atoms. The Hall–Kier alpha value is -4.18. The summed E-state index contributed by atoms with van der Waals surface area (Å²) in [6.07, 6.45) is 0.975. The van der Waals surface area contributed by atoms with E-state index >= 15 is 0 Å². The van der Waals surface area contributed by atoms with Crippen LogP contribution in [-0.4, -0.2) is 42.4 Å². The number of nitrogens with zero attached hydrogens (tertiary/aromatic N) is 2. The van der Waals surface area contributed by atoms with Gasteiger partial charge in [-0.05, 0) is 47.9 Å². The Balaban J connectivity index is 1.28. The number of carbonyl (C=O) groups is 3. The van der Waals surface area contributed by atoms with E-state index in [0.717, 1.165) is 10.8 Å². The zero-order valence-corrected chi connectivity index (χ0v) is 18.0. The number of nitrogens with one attached hydrogen (secondary N) is 1. The highest BCUT2D eigenvalue weighted by atomic mass is 16.5. The monoisotopic (exact) mass is 441 g/mol. The number of fused-ring (bicyclic) bond motifs is 1. The summed E-state index contributed by atoms with van der Waals surface area (Å²) >= 11 is 0. The van der Waals surface area contributed by atoms with Crippen LogP contribution in [0.25, 0.3) is 10.8 Å². The van der Waals surface area contributed by atoms with Crippen molar-refractivity contribution in [2.45, 2.75) is 12.8 Å². The minimum atomic E-state index is -0.470. The molecule has 0 atom stereocenters. The Kier molecular flexibility index (Phi) is 6.65. The lowest BCUT2D eigenvalue weighted by Crippen LogP contribution is -2.41. The molecule has 7 nitrogen and oxygen atoms in total. The fourth-order valence-electron chi connectivity index (χ4n) is 4.02. The number of piperidine rings is 1. The quantitative estimate of drug-likeness (QED) is 0.608. The minimum absolute atomic E-state index is 0.0439. The number of hydrogen-bond acceptors (Lipinski definition) is 5. The molecular formula is C26H23N3O4. The zero-order chi connectivity index (χ0) is 23.2. The molecule has 1 fully saturated rings. The van der Waals surface area contributed by atoms with Gasteiger partial charge in [0.25, 0.3) is 11.8 Å². The van der Waals surface area contributed by atoms with Crippen molar-refractivity contribution >= 4 is 34.2 Å². The second-order valence-electron chi connectivity index (χ2n) is 7.94. The third-order valence-electron chi connectivity index (χ3n) is 5.76. The van der Waals surface area contributed by atoms with Gasteiger partial charge in [-0.1, -0.05) is 42.5 Å². The first kappa shape index (κ1) is 22.0.